The highest BCUT2D eigenvalue weighted by Crippen LogP contribution is 2.33. The lowest BCUT2D eigenvalue weighted by molar-refractivity contribution is 0.442. The Hall–Kier alpha value is -2.82. The van der Waals surface area contributed by atoms with E-state index in [2.05, 4.69) is 28.0 Å². The Morgan fingerprint density at radius 1 is 1.21 bits per heavy atom. The van der Waals surface area contributed by atoms with Crippen molar-refractivity contribution < 1.29 is 4.42 Å². The van der Waals surface area contributed by atoms with Crippen LogP contribution in [0.3, 0.4) is 0 Å². The number of fused-ring (bicyclic) bond motifs is 3. The highest BCUT2D eigenvalue weighted by molar-refractivity contribution is 5.90. The number of anilines is 1. The van der Waals surface area contributed by atoms with Crippen molar-refractivity contribution in [3.05, 3.63) is 58.5 Å². The van der Waals surface area contributed by atoms with Crippen LogP contribution in [0.4, 0.5) is 5.69 Å². The number of hydrogen-bond acceptors (Lipinski definition) is 5. The predicted molar refractivity (Wildman–Crippen MR) is 94.2 cm³/mol. The molecule has 120 valence electrons. The topological polar surface area (TPSA) is 49.6 Å². The van der Waals surface area contributed by atoms with Gasteiger partial charge in [0.15, 0.2) is 0 Å². The van der Waals surface area contributed by atoms with E-state index < -0.39 is 0 Å². The maximum absolute atomic E-state index is 12.8. The van der Waals surface area contributed by atoms with Crippen LogP contribution in [0.1, 0.15) is 0 Å². The molecule has 0 aliphatic carbocycles. The number of pyridine rings is 1. The zero-order valence-electron chi connectivity index (χ0n) is 13.4. The quantitative estimate of drug-likeness (QED) is 0.645. The van der Waals surface area contributed by atoms with Gasteiger partial charge >= 0.3 is 0 Å². The van der Waals surface area contributed by atoms with E-state index in [-0.39, 0.29) is 5.43 Å². The third-order valence-corrected chi connectivity index (χ3v) is 5.03. The van der Waals surface area contributed by atoms with Gasteiger partial charge in [0.25, 0.3) is 0 Å². The lowest BCUT2D eigenvalue weighted by atomic mass is 10.1. The van der Waals surface area contributed by atoms with Crippen LogP contribution in [0.5, 0.6) is 0 Å². The molecule has 0 spiro atoms. The lowest BCUT2D eigenvalue weighted by Crippen LogP contribution is -2.24. The van der Waals surface area contributed by atoms with E-state index in [4.69, 9.17) is 4.42 Å². The summed E-state index contributed by atoms with van der Waals surface area (Å²) in [5.41, 5.74) is 3.53. The first-order valence-corrected chi connectivity index (χ1v) is 8.16. The van der Waals surface area contributed by atoms with Crippen LogP contribution >= 0.6 is 0 Å². The van der Waals surface area contributed by atoms with Gasteiger partial charge < -0.3 is 14.2 Å². The maximum Gasteiger partial charge on any atom is 0.230 e. The molecule has 5 nitrogen and oxygen atoms in total. The van der Waals surface area contributed by atoms with Crippen molar-refractivity contribution in [3.8, 4) is 0 Å². The van der Waals surface area contributed by atoms with Crippen LogP contribution in [-0.4, -0.2) is 36.6 Å². The monoisotopic (exact) mass is 319 g/mol. The van der Waals surface area contributed by atoms with E-state index >= 15 is 0 Å². The van der Waals surface area contributed by atoms with Crippen molar-refractivity contribution >= 4 is 27.8 Å². The van der Waals surface area contributed by atoms with Crippen molar-refractivity contribution in [1.82, 2.24) is 9.88 Å². The smallest absolute Gasteiger partial charge is 0.230 e. The van der Waals surface area contributed by atoms with Crippen molar-refractivity contribution in [2.75, 3.05) is 31.6 Å². The second-order valence-electron chi connectivity index (χ2n) is 6.69. The SMILES string of the molecule is CN1C=C2CN(c3ccc4oc5ncccc5c(=O)c4c3)CC2C1. The second kappa shape index (κ2) is 4.84. The fourth-order valence-corrected chi connectivity index (χ4v) is 3.87. The summed E-state index contributed by atoms with van der Waals surface area (Å²) in [7, 11) is 2.12. The van der Waals surface area contributed by atoms with Crippen LogP contribution in [0.25, 0.3) is 22.1 Å². The fraction of sp³-hybridized carbons (Fsp3) is 0.263. The highest BCUT2D eigenvalue weighted by atomic mass is 16.3. The fourth-order valence-electron chi connectivity index (χ4n) is 3.87. The molecule has 1 saturated heterocycles. The Labute approximate surface area is 138 Å². The summed E-state index contributed by atoms with van der Waals surface area (Å²) < 4.78 is 5.79. The predicted octanol–water partition coefficient (Wildman–Crippen LogP) is 2.61. The van der Waals surface area contributed by atoms with Gasteiger partial charge in [0.1, 0.15) is 5.58 Å². The molecule has 0 bridgehead atoms. The summed E-state index contributed by atoms with van der Waals surface area (Å²) in [4.78, 5) is 21.5. The molecule has 1 aromatic carbocycles. The summed E-state index contributed by atoms with van der Waals surface area (Å²) in [6, 6.07) is 9.40. The number of rotatable bonds is 1. The summed E-state index contributed by atoms with van der Waals surface area (Å²) in [5.74, 6) is 0.600. The molecule has 0 radical (unpaired) electrons. The number of nitrogens with zero attached hydrogens (tertiary/aromatic N) is 3. The second-order valence-corrected chi connectivity index (χ2v) is 6.69. The molecule has 0 amide bonds. The van der Waals surface area contributed by atoms with Crippen LogP contribution < -0.4 is 10.3 Å². The first kappa shape index (κ1) is 13.6. The zero-order valence-corrected chi connectivity index (χ0v) is 13.4. The van der Waals surface area contributed by atoms with Crippen LogP contribution in [0, 0.1) is 5.92 Å². The minimum atomic E-state index is -0.0143. The van der Waals surface area contributed by atoms with Crippen molar-refractivity contribution in [3.63, 3.8) is 0 Å². The average Bonchev–Trinajstić information content (AvgIpc) is 3.12. The summed E-state index contributed by atoms with van der Waals surface area (Å²) in [5, 5.41) is 1.15. The molecular weight excluding hydrogens is 302 g/mol. The molecule has 5 heteroatoms. The molecule has 2 aromatic heterocycles. The minimum Gasteiger partial charge on any atom is -0.437 e. The zero-order chi connectivity index (χ0) is 16.3. The third kappa shape index (κ3) is 1.94. The molecule has 0 N–H and O–H groups in total. The molecular formula is C19H17N3O2. The van der Waals surface area contributed by atoms with Crippen molar-refractivity contribution in [2.45, 2.75) is 0 Å². The first-order valence-electron chi connectivity index (χ1n) is 8.16. The Morgan fingerprint density at radius 2 is 2.12 bits per heavy atom. The van der Waals surface area contributed by atoms with Gasteiger partial charge in [-0.05, 0) is 35.9 Å². The Morgan fingerprint density at radius 3 is 3.00 bits per heavy atom. The third-order valence-electron chi connectivity index (χ3n) is 5.03. The van der Waals surface area contributed by atoms with E-state index in [1.807, 2.05) is 18.2 Å². The largest absolute Gasteiger partial charge is 0.437 e. The Bertz CT molecular complexity index is 1050. The molecule has 1 fully saturated rings. The van der Waals surface area contributed by atoms with Crippen molar-refractivity contribution in [1.29, 1.82) is 0 Å². The molecule has 4 heterocycles. The van der Waals surface area contributed by atoms with Gasteiger partial charge in [-0.15, -0.1) is 0 Å². The van der Waals surface area contributed by atoms with E-state index in [1.54, 1.807) is 18.3 Å². The molecule has 1 atom stereocenters. The van der Waals surface area contributed by atoms with Gasteiger partial charge in [-0.25, -0.2) is 4.98 Å². The molecule has 1 unspecified atom stereocenters. The van der Waals surface area contributed by atoms with Gasteiger partial charge in [0.2, 0.25) is 11.1 Å². The van der Waals surface area contributed by atoms with Gasteiger partial charge in [-0.2, -0.15) is 0 Å². The van der Waals surface area contributed by atoms with E-state index in [0.717, 1.165) is 25.3 Å². The highest BCUT2D eigenvalue weighted by Gasteiger charge is 2.32. The standard InChI is InChI=1S/C19H17N3O2/c1-21-8-12-10-22(11-13(12)9-21)14-4-5-17-16(7-14)18(23)15-3-2-6-20-19(15)24-17/h2-8,13H,9-11H2,1H3. The summed E-state index contributed by atoms with van der Waals surface area (Å²) >= 11 is 0. The minimum absolute atomic E-state index is 0.0143. The molecule has 0 saturated carbocycles. The molecule has 2 aliphatic rings. The average molecular weight is 319 g/mol. The maximum atomic E-state index is 12.8. The molecule has 2 aliphatic heterocycles. The van der Waals surface area contributed by atoms with Gasteiger partial charge in [-0.1, -0.05) is 0 Å². The van der Waals surface area contributed by atoms with E-state index in [9.17, 15) is 4.79 Å². The van der Waals surface area contributed by atoms with Crippen LogP contribution in [0.2, 0.25) is 0 Å². The van der Waals surface area contributed by atoms with Crippen LogP contribution in [0.15, 0.2) is 57.5 Å². The number of hydrogen-bond donors (Lipinski definition) is 0. The van der Waals surface area contributed by atoms with Crippen molar-refractivity contribution in [2.24, 2.45) is 5.92 Å². The first-order chi connectivity index (χ1) is 11.7. The van der Waals surface area contributed by atoms with E-state index in [0.29, 0.717) is 28.0 Å². The summed E-state index contributed by atoms with van der Waals surface area (Å²) in [6.07, 6.45) is 3.89. The van der Waals surface area contributed by atoms with Gasteiger partial charge in [0.05, 0.1) is 10.8 Å². The molecule has 3 aromatic rings. The summed E-state index contributed by atoms with van der Waals surface area (Å²) in [6.45, 7) is 3.01. The van der Waals surface area contributed by atoms with Crippen LogP contribution in [-0.2, 0) is 0 Å². The van der Waals surface area contributed by atoms with Gasteiger partial charge in [0, 0.05) is 50.7 Å². The molecule has 5 rings (SSSR count). The lowest BCUT2D eigenvalue weighted by Gasteiger charge is -2.20. The van der Waals surface area contributed by atoms with Gasteiger partial charge in [-0.3, -0.25) is 4.79 Å². The normalized spacial score (nSPS) is 20.0. The Balaban J connectivity index is 1.61. The number of aromatic nitrogens is 1. The molecule has 24 heavy (non-hydrogen) atoms. The number of benzene rings is 1. The van der Waals surface area contributed by atoms with E-state index in [1.165, 1.54) is 5.57 Å². The Kier molecular flexibility index (Phi) is 2.74.